The van der Waals surface area contributed by atoms with Crippen molar-refractivity contribution < 1.29 is 9.53 Å². The van der Waals surface area contributed by atoms with Crippen molar-refractivity contribution in [1.82, 2.24) is 4.90 Å². The second-order valence-electron chi connectivity index (χ2n) is 4.15. The van der Waals surface area contributed by atoms with Crippen molar-refractivity contribution in [2.75, 3.05) is 26.7 Å². The molecule has 2 N–H and O–H groups in total. The number of nitrogens with zero attached hydrogens (tertiary/aromatic N) is 1. The molecule has 0 aromatic heterocycles. The van der Waals surface area contributed by atoms with Gasteiger partial charge in [-0.25, -0.2) is 0 Å². The van der Waals surface area contributed by atoms with Gasteiger partial charge in [-0.15, -0.1) is 0 Å². The van der Waals surface area contributed by atoms with Gasteiger partial charge in [0.25, 0.3) is 5.91 Å². The van der Waals surface area contributed by atoms with Gasteiger partial charge in [-0.3, -0.25) is 4.79 Å². The van der Waals surface area contributed by atoms with E-state index in [0.29, 0.717) is 13.1 Å². The molecule has 0 fully saturated rings. The minimum absolute atomic E-state index is 0.0175. The van der Waals surface area contributed by atoms with Gasteiger partial charge in [0.05, 0.1) is 0 Å². The Morgan fingerprint density at radius 3 is 2.40 bits per heavy atom. The van der Waals surface area contributed by atoms with Crippen molar-refractivity contribution in [2.45, 2.75) is 39.2 Å². The average molecular weight is 216 g/mol. The van der Waals surface area contributed by atoms with Gasteiger partial charge in [0, 0.05) is 26.7 Å². The van der Waals surface area contributed by atoms with Crippen LogP contribution in [0.2, 0.25) is 0 Å². The van der Waals surface area contributed by atoms with E-state index in [2.05, 4.69) is 6.92 Å². The molecule has 90 valence electrons. The molecule has 0 heterocycles. The Bertz CT molecular complexity index is 193. The molecule has 0 radical (unpaired) electrons. The Kier molecular flexibility index (Phi) is 6.52. The van der Waals surface area contributed by atoms with Crippen molar-refractivity contribution in [1.29, 1.82) is 0 Å². The Balaban J connectivity index is 4.40. The van der Waals surface area contributed by atoms with Gasteiger partial charge in [-0.05, 0) is 20.3 Å². The number of ether oxygens (including phenoxy) is 1. The third kappa shape index (κ3) is 4.62. The molecule has 0 unspecified atom stereocenters. The van der Waals surface area contributed by atoms with Crippen molar-refractivity contribution in [3.8, 4) is 0 Å². The zero-order valence-corrected chi connectivity index (χ0v) is 10.4. The van der Waals surface area contributed by atoms with Gasteiger partial charge >= 0.3 is 0 Å². The molecule has 0 rings (SSSR count). The lowest BCUT2D eigenvalue weighted by molar-refractivity contribution is -0.151. The highest BCUT2D eigenvalue weighted by atomic mass is 16.5. The van der Waals surface area contributed by atoms with Crippen molar-refractivity contribution in [3.05, 3.63) is 0 Å². The summed E-state index contributed by atoms with van der Waals surface area (Å²) in [6.45, 7) is 7.53. The normalized spacial score (nSPS) is 11.5. The van der Waals surface area contributed by atoms with E-state index in [0.717, 1.165) is 19.4 Å². The van der Waals surface area contributed by atoms with E-state index in [4.69, 9.17) is 10.5 Å². The summed E-state index contributed by atoms with van der Waals surface area (Å²) in [4.78, 5) is 13.8. The van der Waals surface area contributed by atoms with Crippen LogP contribution in [-0.2, 0) is 9.53 Å². The summed E-state index contributed by atoms with van der Waals surface area (Å²) in [6, 6.07) is 0. The highest BCUT2D eigenvalue weighted by Crippen LogP contribution is 2.12. The predicted molar refractivity (Wildman–Crippen MR) is 61.6 cm³/mol. The maximum atomic E-state index is 12.0. The third-order valence-corrected chi connectivity index (χ3v) is 2.49. The molecular weight excluding hydrogens is 192 g/mol. The summed E-state index contributed by atoms with van der Waals surface area (Å²) in [5.41, 5.74) is 4.74. The van der Waals surface area contributed by atoms with Gasteiger partial charge in [0.2, 0.25) is 0 Å². The average Bonchev–Trinajstić information content (AvgIpc) is 2.23. The van der Waals surface area contributed by atoms with Gasteiger partial charge in [-0.1, -0.05) is 13.3 Å². The summed E-state index contributed by atoms with van der Waals surface area (Å²) < 4.78 is 5.17. The maximum Gasteiger partial charge on any atom is 0.254 e. The molecule has 4 heteroatoms. The minimum Gasteiger partial charge on any atom is -0.369 e. The van der Waals surface area contributed by atoms with E-state index in [-0.39, 0.29) is 5.91 Å². The van der Waals surface area contributed by atoms with Crippen molar-refractivity contribution in [2.24, 2.45) is 5.73 Å². The zero-order chi connectivity index (χ0) is 11.9. The molecule has 0 bridgehead atoms. The van der Waals surface area contributed by atoms with E-state index in [1.165, 1.54) is 0 Å². The highest BCUT2D eigenvalue weighted by Gasteiger charge is 2.31. The Morgan fingerprint density at radius 2 is 2.00 bits per heavy atom. The molecule has 15 heavy (non-hydrogen) atoms. The summed E-state index contributed by atoms with van der Waals surface area (Å²) in [5.74, 6) is 0.0175. The molecule has 0 aliphatic carbocycles. The number of amides is 1. The van der Waals surface area contributed by atoms with Crippen LogP contribution >= 0.6 is 0 Å². The van der Waals surface area contributed by atoms with E-state index >= 15 is 0 Å². The lowest BCUT2D eigenvalue weighted by Crippen LogP contribution is -2.48. The van der Waals surface area contributed by atoms with Crippen LogP contribution in [0.5, 0.6) is 0 Å². The van der Waals surface area contributed by atoms with Crippen LogP contribution in [0.3, 0.4) is 0 Å². The fraction of sp³-hybridized carbons (Fsp3) is 0.909. The first-order valence-corrected chi connectivity index (χ1v) is 5.54. The van der Waals surface area contributed by atoms with Gasteiger partial charge in [0.1, 0.15) is 5.60 Å². The zero-order valence-electron chi connectivity index (χ0n) is 10.4. The lowest BCUT2D eigenvalue weighted by atomic mass is 10.1. The van der Waals surface area contributed by atoms with Crippen molar-refractivity contribution in [3.63, 3.8) is 0 Å². The molecule has 1 amide bonds. The minimum atomic E-state index is -0.747. The summed E-state index contributed by atoms with van der Waals surface area (Å²) in [7, 11) is 1.55. The molecule has 0 aliphatic rings. The quantitative estimate of drug-likeness (QED) is 0.690. The van der Waals surface area contributed by atoms with E-state index in [1.807, 2.05) is 0 Å². The van der Waals surface area contributed by atoms with E-state index < -0.39 is 5.60 Å². The largest absolute Gasteiger partial charge is 0.369 e. The Labute approximate surface area is 92.8 Å². The first-order chi connectivity index (χ1) is 6.99. The number of nitrogens with two attached hydrogens (primary N) is 1. The molecule has 0 saturated carbocycles. The summed E-state index contributed by atoms with van der Waals surface area (Å²) in [5, 5.41) is 0. The molecule has 0 aromatic rings. The van der Waals surface area contributed by atoms with Crippen LogP contribution in [0.25, 0.3) is 0 Å². The van der Waals surface area contributed by atoms with Crippen LogP contribution in [0.1, 0.15) is 33.6 Å². The third-order valence-electron chi connectivity index (χ3n) is 2.49. The molecular formula is C11H24N2O2. The van der Waals surface area contributed by atoms with Crippen LogP contribution in [0, 0.1) is 0 Å². The lowest BCUT2D eigenvalue weighted by Gasteiger charge is -2.30. The summed E-state index contributed by atoms with van der Waals surface area (Å²) in [6.07, 6.45) is 2.08. The number of hydrogen-bond acceptors (Lipinski definition) is 3. The van der Waals surface area contributed by atoms with Crippen LogP contribution in [-0.4, -0.2) is 43.2 Å². The van der Waals surface area contributed by atoms with Crippen LogP contribution in [0.15, 0.2) is 0 Å². The summed E-state index contributed by atoms with van der Waals surface area (Å²) >= 11 is 0. The number of unbranched alkanes of at least 4 members (excludes halogenated alkanes) is 1. The van der Waals surface area contributed by atoms with Gasteiger partial charge in [-0.2, -0.15) is 0 Å². The molecule has 0 aromatic carbocycles. The molecule has 0 spiro atoms. The number of carbonyl (C=O) groups excluding carboxylic acids is 1. The van der Waals surface area contributed by atoms with Crippen LogP contribution < -0.4 is 5.73 Å². The molecule has 0 saturated heterocycles. The highest BCUT2D eigenvalue weighted by molar-refractivity contribution is 5.84. The first-order valence-electron chi connectivity index (χ1n) is 5.54. The fourth-order valence-corrected chi connectivity index (χ4v) is 1.29. The number of rotatable bonds is 7. The van der Waals surface area contributed by atoms with Crippen molar-refractivity contribution >= 4 is 5.91 Å². The smallest absolute Gasteiger partial charge is 0.254 e. The first kappa shape index (κ1) is 14.4. The maximum absolute atomic E-state index is 12.0. The number of carbonyl (C=O) groups is 1. The fourth-order valence-electron chi connectivity index (χ4n) is 1.29. The van der Waals surface area contributed by atoms with E-state index in [9.17, 15) is 4.79 Å². The molecule has 4 nitrogen and oxygen atoms in total. The Hall–Kier alpha value is -0.610. The van der Waals surface area contributed by atoms with Gasteiger partial charge in [0.15, 0.2) is 0 Å². The second-order valence-corrected chi connectivity index (χ2v) is 4.15. The monoisotopic (exact) mass is 216 g/mol. The SMILES string of the molecule is CCCCN(CCN)C(=O)C(C)(C)OC. The van der Waals surface area contributed by atoms with Gasteiger partial charge < -0.3 is 15.4 Å². The number of methoxy groups -OCH3 is 1. The second kappa shape index (κ2) is 6.80. The topological polar surface area (TPSA) is 55.6 Å². The van der Waals surface area contributed by atoms with Crippen LogP contribution in [0.4, 0.5) is 0 Å². The molecule has 0 aliphatic heterocycles. The number of hydrogen-bond donors (Lipinski definition) is 1. The van der Waals surface area contributed by atoms with E-state index in [1.54, 1.807) is 25.9 Å². The predicted octanol–water partition coefficient (Wildman–Crippen LogP) is 0.999. The molecule has 0 atom stereocenters. The Morgan fingerprint density at radius 1 is 1.40 bits per heavy atom. The standard InChI is InChI=1S/C11H24N2O2/c1-5-6-8-13(9-7-12)10(14)11(2,3)15-4/h5-9,12H2,1-4H3.